The molecule has 1 heterocycles. The van der Waals surface area contributed by atoms with Crippen molar-refractivity contribution in [2.75, 3.05) is 19.7 Å². The second-order valence-electron chi connectivity index (χ2n) is 2.84. The summed E-state index contributed by atoms with van der Waals surface area (Å²) in [6, 6.07) is 0. The quantitative estimate of drug-likeness (QED) is 0.391. The Morgan fingerprint density at radius 2 is 2.43 bits per heavy atom. The lowest BCUT2D eigenvalue weighted by molar-refractivity contribution is -0.138. The van der Waals surface area contributed by atoms with E-state index in [1.54, 1.807) is 6.92 Å². The van der Waals surface area contributed by atoms with Crippen molar-refractivity contribution < 1.29 is 14.6 Å². The molecule has 0 saturated heterocycles. The van der Waals surface area contributed by atoms with Crippen LogP contribution in [0.2, 0.25) is 0 Å². The molecule has 0 spiro atoms. The number of aliphatic hydroxyl groups excluding tert-OH is 1. The Kier molecular flexibility index (Phi) is 3.50. The molecule has 1 rings (SSSR count). The maximum atomic E-state index is 11.4. The minimum absolute atomic E-state index is 0.0726. The van der Waals surface area contributed by atoms with Gasteiger partial charge in [-0.3, -0.25) is 4.99 Å². The Labute approximate surface area is 82.5 Å². The average molecular weight is 198 g/mol. The van der Waals surface area contributed by atoms with Crippen molar-refractivity contribution in [2.45, 2.75) is 13.8 Å². The topological polar surface area (TPSA) is 70.9 Å². The van der Waals surface area contributed by atoms with E-state index < -0.39 is 5.97 Å². The number of hydrogen-bond acceptors (Lipinski definition) is 5. The van der Waals surface area contributed by atoms with Gasteiger partial charge in [-0.25, -0.2) is 4.79 Å². The van der Waals surface area contributed by atoms with Crippen LogP contribution in [0.25, 0.3) is 0 Å². The summed E-state index contributed by atoms with van der Waals surface area (Å²) in [7, 11) is 0. The molecule has 0 unspecified atom stereocenters. The monoisotopic (exact) mass is 198 g/mol. The van der Waals surface area contributed by atoms with Crippen molar-refractivity contribution in [1.29, 1.82) is 0 Å². The van der Waals surface area contributed by atoms with Crippen LogP contribution < -0.4 is 5.32 Å². The fraction of sp³-hybridized carbons (Fsp3) is 0.556. The zero-order chi connectivity index (χ0) is 10.6. The summed E-state index contributed by atoms with van der Waals surface area (Å²) in [5.74, 6) is -0.194. The largest absolute Gasteiger partial charge is 0.512 e. The summed E-state index contributed by atoms with van der Waals surface area (Å²) in [6.45, 7) is 4.74. The van der Waals surface area contributed by atoms with Gasteiger partial charge in [-0.15, -0.1) is 0 Å². The fourth-order valence-corrected chi connectivity index (χ4v) is 1.18. The van der Waals surface area contributed by atoms with Gasteiger partial charge in [0.2, 0.25) is 0 Å². The van der Waals surface area contributed by atoms with Crippen LogP contribution in [-0.2, 0) is 9.53 Å². The van der Waals surface area contributed by atoms with Crippen LogP contribution in [0.5, 0.6) is 0 Å². The first-order valence-electron chi connectivity index (χ1n) is 4.52. The molecule has 0 atom stereocenters. The van der Waals surface area contributed by atoms with Crippen LogP contribution in [-0.4, -0.2) is 36.6 Å². The van der Waals surface area contributed by atoms with Gasteiger partial charge in [0.15, 0.2) is 0 Å². The standard InChI is InChI=1S/C9H14N2O3/c1-3-14-9(13)7(6(2)12)8-10-4-5-11-8/h12H,3-5H2,1-2H3,(H,10,11)/b7-6-. The highest BCUT2D eigenvalue weighted by atomic mass is 16.5. The van der Waals surface area contributed by atoms with E-state index in [1.165, 1.54) is 6.92 Å². The molecule has 0 aromatic carbocycles. The Morgan fingerprint density at radius 1 is 1.71 bits per heavy atom. The molecule has 78 valence electrons. The number of nitrogens with one attached hydrogen (secondary N) is 1. The average Bonchev–Trinajstić information content (AvgIpc) is 2.57. The molecule has 5 heteroatoms. The highest BCUT2D eigenvalue weighted by Crippen LogP contribution is 2.07. The van der Waals surface area contributed by atoms with Gasteiger partial charge in [0, 0.05) is 6.54 Å². The van der Waals surface area contributed by atoms with Crippen LogP contribution >= 0.6 is 0 Å². The van der Waals surface area contributed by atoms with Crippen molar-refractivity contribution >= 4 is 11.8 Å². The van der Waals surface area contributed by atoms with Crippen molar-refractivity contribution in [1.82, 2.24) is 5.32 Å². The van der Waals surface area contributed by atoms with Crippen LogP contribution in [0.3, 0.4) is 0 Å². The molecular weight excluding hydrogens is 184 g/mol. The number of rotatable bonds is 3. The molecule has 0 radical (unpaired) electrons. The van der Waals surface area contributed by atoms with Gasteiger partial charge >= 0.3 is 5.97 Å². The van der Waals surface area contributed by atoms with Crippen molar-refractivity contribution in [3.8, 4) is 0 Å². The molecule has 0 bridgehead atoms. The smallest absolute Gasteiger partial charge is 0.345 e. The molecule has 1 aliphatic heterocycles. The first-order chi connectivity index (χ1) is 6.66. The van der Waals surface area contributed by atoms with Crippen LogP contribution in [0.1, 0.15) is 13.8 Å². The van der Waals surface area contributed by atoms with Crippen LogP contribution in [0.15, 0.2) is 16.3 Å². The number of aliphatic imine (C=N–C) groups is 1. The Hall–Kier alpha value is -1.52. The molecule has 14 heavy (non-hydrogen) atoms. The molecular formula is C9H14N2O3. The van der Waals surface area contributed by atoms with Gasteiger partial charge in [-0.1, -0.05) is 0 Å². The fourth-order valence-electron chi connectivity index (χ4n) is 1.18. The van der Waals surface area contributed by atoms with E-state index in [0.29, 0.717) is 18.9 Å². The van der Waals surface area contributed by atoms with Crippen molar-refractivity contribution in [2.24, 2.45) is 4.99 Å². The van der Waals surface area contributed by atoms with Gasteiger partial charge < -0.3 is 15.2 Å². The summed E-state index contributed by atoms with van der Waals surface area (Å²) in [6.07, 6.45) is 0. The molecule has 5 nitrogen and oxygen atoms in total. The highest BCUT2D eigenvalue weighted by Gasteiger charge is 2.22. The number of carbonyl (C=O) groups excluding carboxylic acids is 1. The zero-order valence-corrected chi connectivity index (χ0v) is 8.33. The summed E-state index contributed by atoms with van der Waals surface area (Å²) in [5, 5.41) is 12.2. The lowest BCUT2D eigenvalue weighted by Gasteiger charge is -2.07. The molecule has 2 N–H and O–H groups in total. The summed E-state index contributed by atoms with van der Waals surface area (Å²) >= 11 is 0. The predicted molar refractivity (Wildman–Crippen MR) is 52.3 cm³/mol. The lowest BCUT2D eigenvalue weighted by atomic mass is 10.2. The van der Waals surface area contributed by atoms with E-state index in [2.05, 4.69) is 10.3 Å². The van der Waals surface area contributed by atoms with E-state index >= 15 is 0 Å². The Morgan fingerprint density at radius 3 is 2.86 bits per heavy atom. The molecule has 1 aliphatic rings. The number of carbonyl (C=O) groups is 1. The minimum atomic E-state index is -0.541. The van der Waals surface area contributed by atoms with E-state index in [9.17, 15) is 9.90 Å². The van der Waals surface area contributed by atoms with Crippen molar-refractivity contribution in [3.63, 3.8) is 0 Å². The van der Waals surface area contributed by atoms with Crippen LogP contribution in [0.4, 0.5) is 0 Å². The SMILES string of the molecule is CCOC(=O)/C(C1=NCCN1)=C(/C)O. The van der Waals surface area contributed by atoms with Gasteiger partial charge in [-0.05, 0) is 13.8 Å². The number of ether oxygens (including phenoxy) is 1. The third kappa shape index (κ3) is 2.25. The van der Waals surface area contributed by atoms with E-state index in [0.717, 1.165) is 0 Å². The number of aliphatic hydroxyl groups is 1. The first kappa shape index (κ1) is 10.6. The Balaban J connectivity index is 2.86. The zero-order valence-electron chi connectivity index (χ0n) is 8.33. The van der Waals surface area contributed by atoms with E-state index in [4.69, 9.17) is 4.74 Å². The number of allylic oxidation sites excluding steroid dienone is 1. The maximum absolute atomic E-state index is 11.4. The van der Waals surface area contributed by atoms with Gasteiger partial charge in [0.05, 0.1) is 13.2 Å². The minimum Gasteiger partial charge on any atom is -0.512 e. The lowest BCUT2D eigenvalue weighted by Crippen LogP contribution is -2.27. The first-order valence-corrected chi connectivity index (χ1v) is 4.52. The number of nitrogens with zero attached hydrogens (tertiary/aromatic N) is 1. The molecule has 0 amide bonds. The van der Waals surface area contributed by atoms with E-state index in [-0.39, 0.29) is 17.9 Å². The van der Waals surface area contributed by atoms with Crippen molar-refractivity contribution in [3.05, 3.63) is 11.3 Å². The third-order valence-electron chi connectivity index (χ3n) is 1.75. The number of amidine groups is 1. The molecule has 0 saturated carbocycles. The third-order valence-corrected chi connectivity index (χ3v) is 1.75. The molecule has 0 aromatic rings. The summed E-state index contributed by atoms with van der Waals surface area (Å²) in [5.41, 5.74) is 0.129. The maximum Gasteiger partial charge on any atom is 0.345 e. The van der Waals surface area contributed by atoms with Gasteiger partial charge in [0.1, 0.15) is 17.2 Å². The second-order valence-corrected chi connectivity index (χ2v) is 2.84. The number of hydrogen-bond donors (Lipinski definition) is 2. The van der Waals surface area contributed by atoms with Gasteiger partial charge in [0.25, 0.3) is 0 Å². The van der Waals surface area contributed by atoms with Gasteiger partial charge in [-0.2, -0.15) is 0 Å². The molecule has 0 aliphatic carbocycles. The Bertz CT molecular complexity index is 290. The predicted octanol–water partition coefficient (Wildman–Crippen LogP) is 0.383. The number of esters is 1. The van der Waals surface area contributed by atoms with E-state index in [1.807, 2.05) is 0 Å². The molecule has 0 fully saturated rings. The normalized spacial score (nSPS) is 16.9. The summed E-state index contributed by atoms with van der Waals surface area (Å²) < 4.78 is 4.80. The highest BCUT2D eigenvalue weighted by molar-refractivity contribution is 6.19. The molecule has 0 aromatic heterocycles. The second kappa shape index (κ2) is 4.64. The van der Waals surface area contributed by atoms with Crippen LogP contribution in [0, 0.1) is 0 Å². The summed E-state index contributed by atoms with van der Waals surface area (Å²) in [4.78, 5) is 15.5.